The molecule has 2 aliphatic heterocycles. The van der Waals surface area contributed by atoms with E-state index in [2.05, 4.69) is 47.5 Å². The number of nitrogens with zero attached hydrogens (tertiary/aromatic N) is 2. The van der Waals surface area contributed by atoms with Crippen LogP contribution in [0.25, 0.3) is 0 Å². The maximum absolute atomic E-state index is 6.17. The van der Waals surface area contributed by atoms with E-state index in [9.17, 15) is 0 Å². The summed E-state index contributed by atoms with van der Waals surface area (Å²) < 4.78 is 12.2. The molecule has 1 N–H and O–H groups in total. The van der Waals surface area contributed by atoms with E-state index >= 15 is 0 Å². The molecule has 4 fully saturated rings. The Morgan fingerprint density at radius 3 is 2.87 bits per heavy atom. The molecule has 5 nitrogen and oxygen atoms in total. The van der Waals surface area contributed by atoms with Gasteiger partial charge in [0.2, 0.25) is 0 Å². The molecule has 2 heterocycles. The third-order valence-electron chi connectivity index (χ3n) is 7.93. The highest BCUT2D eigenvalue weighted by molar-refractivity contribution is 5.81. The first-order valence-corrected chi connectivity index (χ1v) is 12.1. The molecule has 1 spiro atoms. The quantitative estimate of drug-likeness (QED) is 0.571. The summed E-state index contributed by atoms with van der Waals surface area (Å²) in [6.45, 7) is 7.58. The first-order chi connectivity index (χ1) is 14.8. The van der Waals surface area contributed by atoms with Gasteiger partial charge in [-0.05, 0) is 38.2 Å². The van der Waals surface area contributed by atoms with Gasteiger partial charge in [-0.15, -0.1) is 0 Å². The van der Waals surface area contributed by atoms with Gasteiger partial charge in [0.15, 0.2) is 5.96 Å². The Bertz CT molecular complexity index is 731. The lowest BCUT2D eigenvalue weighted by Gasteiger charge is -2.57. The topological polar surface area (TPSA) is 46.1 Å². The minimum absolute atomic E-state index is 0.369. The van der Waals surface area contributed by atoms with Crippen molar-refractivity contribution < 1.29 is 9.47 Å². The molecule has 0 aromatic heterocycles. The summed E-state index contributed by atoms with van der Waals surface area (Å²) in [5.41, 5.74) is 1.62. The molecular weight excluding hydrogens is 374 g/mol. The van der Waals surface area contributed by atoms with Gasteiger partial charge in [0, 0.05) is 49.5 Å². The summed E-state index contributed by atoms with van der Waals surface area (Å²) >= 11 is 0. The van der Waals surface area contributed by atoms with E-state index in [0.29, 0.717) is 36.0 Å². The number of guanidine groups is 1. The summed E-state index contributed by atoms with van der Waals surface area (Å²) in [5.74, 6) is 2.39. The Morgan fingerprint density at radius 1 is 1.23 bits per heavy atom. The smallest absolute Gasteiger partial charge is 0.194 e. The Morgan fingerprint density at radius 2 is 2.07 bits per heavy atom. The Kier molecular flexibility index (Phi) is 6.01. The van der Waals surface area contributed by atoms with E-state index < -0.39 is 0 Å². The van der Waals surface area contributed by atoms with E-state index in [0.717, 1.165) is 38.8 Å². The number of ether oxygens (including phenoxy) is 2. The Balaban J connectivity index is 1.17. The van der Waals surface area contributed by atoms with Gasteiger partial charge in [0.1, 0.15) is 0 Å². The second-order valence-electron chi connectivity index (χ2n) is 9.71. The third kappa shape index (κ3) is 3.75. The molecule has 4 unspecified atom stereocenters. The van der Waals surface area contributed by atoms with Gasteiger partial charge in [-0.2, -0.15) is 0 Å². The average Bonchev–Trinajstić information content (AvgIpc) is 3.52. The van der Waals surface area contributed by atoms with Crippen LogP contribution in [0.15, 0.2) is 35.3 Å². The average molecular weight is 412 g/mol. The highest BCUT2D eigenvalue weighted by Gasteiger charge is 2.65. The van der Waals surface area contributed by atoms with Gasteiger partial charge in [0.05, 0.1) is 19.3 Å². The summed E-state index contributed by atoms with van der Waals surface area (Å²) in [7, 11) is 0. The first kappa shape index (κ1) is 20.3. The number of benzene rings is 1. The number of hydrogen-bond donors (Lipinski definition) is 1. The number of nitrogens with one attached hydrogen (secondary N) is 1. The van der Waals surface area contributed by atoms with E-state index in [1.54, 1.807) is 0 Å². The van der Waals surface area contributed by atoms with E-state index in [1.807, 2.05) is 0 Å². The maximum Gasteiger partial charge on any atom is 0.194 e. The second kappa shape index (κ2) is 8.88. The highest BCUT2D eigenvalue weighted by atomic mass is 16.5. The van der Waals surface area contributed by atoms with Crippen LogP contribution in [-0.2, 0) is 16.1 Å². The summed E-state index contributed by atoms with van der Waals surface area (Å²) in [4.78, 5) is 7.39. The molecule has 30 heavy (non-hydrogen) atoms. The molecule has 164 valence electrons. The van der Waals surface area contributed by atoms with Crippen LogP contribution in [0.1, 0.15) is 51.0 Å². The normalized spacial score (nSPS) is 32.4. The van der Waals surface area contributed by atoms with Gasteiger partial charge in [0.25, 0.3) is 0 Å². The summed E-state index contributed by atoms with van der Waals surface area (Å²) in [5, 5.41) is 3.96. The van der Waals surface area contributed by atoms with Crippen molar-refractivity contribution in [2.75, 3.05) is 32.8 Å². The maximum atomic E-state index is 6.17. The largest absolute Gasteiger partial charge is 0.377 e. The zero-order valence-corrected chi connectivity index (χ0v) is 18.4. The molecule has 0 amide bonds. The number of aliphatic imine (C=N–C) groups is 1. The van der Waals surface area contributed by atoms with Crippen molar-refractivity contribution in [3.05, 3.63) is 35.9 Å². The van der Waals surface area contributed by atoms with Gasteiger partial charge in [-0.25, -0.2) is 0 Å². The predicted molar refractivity (Wildman–Crippen MR) is 119 cm³/mol. The van der Waals surface area contributed by atoms with Crippen molar-refractivity contribution in [1.29, 1.82) is 0 Å². The monoisotopic (exact) mass is 411 g/mol. The molecular formula is C25H37N3O2. The van der Waals surface area contributed by atoms with Crippen molar-refractivity contribution >= 4 is 5.96 Å². The molecule has 4 aliphatic rings. The van der Waals surface area contributed by atoms with Crippen LogP contribution in [0, 0.1) is 17.3 Å². The van der Waals surface area contributed by atoms with Gasteiger partial charge in [-0.1, -0.05) is 43.2 Å². The molecule has 2 aliphatic carbocycles. The molecule has 5 heteroatoms. The van der Waals surface area contributed by atoms with E-state index in [1.165, 1.54) is 44.1 Å². The number of hydrogen-bond acceptors (Lipinski definition) is 3. The summed E-state index contributed by atoms with van der Waals surface area (Å²) in [6, 6.07) is 11.0. The van der Waals surface area contributed by atoms with E-state index in [-0.39, 0.29) is 0 Å². The molecule has 1 aromatic carbocycles. The van der Waals surface area contributed by atoms with Crippen molar-refractivity contribution in [2.45, 2.75) is 64.2 Å². The molecule has 2 saturated carbocycles. The molecule has 1 aromatic rings. The van der Waals surface area contributed by atoms with Crippen molar-refractivity contribution in [1.82, 2.24) is 10.2 Å². The Hall–Kier alpha value is -1.59. The van der Waals surface area contributed by atoms with Crippen LogP contribution < -0.4 is 5.32 Å². The first-order valence-electron chi connectivity index (χ1n) is 12.1. The van der Waals surface area contributed by atoms with Crippen molar-refractivity contribution in [3.63, 3.8) is 0 Å². The van der Waals surface area contributed by atoms with Crippen LogP contribution >= 0.6 is 0 Å². The molecule has 0 radical (unpaired) electrons. The lowest BCUT2D eigenvalue weighted by atomic mass is 9.54. The summed E-state index contributed by atoms with van der Waals surface area (Å²) in [6.07, 6.45) is 8.25. The third-order valence-corrected chi connectivity index (χ3v) is 7.93. The Labute approximate surface area is 181 Å². The zero-order valence-electron chi connectivity index (χ0n) is 18.4. The fraction of sp³-hybridized carbons (Fsp3) is 0.720. The molecule has 0 bridgehead atoms. The molecule has 5 rings (SSSR count). The standard InChI is InChI=1S/C25H37N3O2/c1-2-26-24(27-22-21-11-15-30-23(21)25(22)12-6-7-13-25)28-14-10-20(16-28)18-29-17-19-8-4-3-5-9-19/h3-5,8-9,20-23H,2,6-7,10-18H2,1H3,(H,26,27). The van der Waals surface area contributed by atoms with Crippen LogP contribution in [0.3, 0.4) is 0 Å². The number of likely N-dealkylation sites (tertiary alicyclic amines) is 1. The zero-order chi connectivity index (χ0) is 20.4. The van der Waals surface area contributed by atoms with Crippen LogP contribution in [0.2, 0.25) is 0 Å². The van der Waals surface area contributed by atoms with Crippen molar-refractivity contribution in [2.24, 2.45) is 22.2 Å². The van der Waals surface area contributed by atoms with E-state index in [4.69, 9.17) is 14.5 Å². The van der Waals surface area contributed by atoms with Crippen LogP contribution in [-0.4, -0.2) is 55.9 Å². The number of fused-ring (bicyclic) bond motifs is 2. The van der Waals surface area contributed by atoms with Gasteiger partial charge in [-0.3, -0.25) is 4.99 Å². The van der Waals surface area contributed by atoms with Crippen LogP contribution in [0.4, 0.5) is 0 Å². The minimum atomic E-state index is 0.369. The fourth-order valence-corrected chi connectivity index (χ4v) is 6.51. The van der Waals surface area contributed by atoms with Crippen molar-refractivity contribution in [3.8, 4) is 0 Å². The van der Waals surface area contributed by atoms with Gasteiger partial charge < -0.3 is 19.7 Å². The highest BCUT2D eigenvalue weighted by Crippen LogP contribution is 2.60. The minimum Gasteiger partial charge on any atom is -0.377 e. The lowest BCUT2D eigenvalue weighted by molar-refractivity contribution is -0.125. The SMILES string of the molecule is CCN=C(NC1C2CCOC2C12CCCC2)N1CCC(COCc2ccccc2)C1. The fourth-order valence-electron chi connectivity index (χ4n) is 6.51. The number of rotatable bonds is 6. The predicted octanol–water partition coefficient (Wildman–Crippen LogP) is 3.84. The second-order valence-corrected chi connectivity index (χ2v) is 9.71. The molecule has 2 saturated heterocycles. The van der Waals surface area contributed by atoms with Crippen LogP contribution in [0.5, 0.6) is 0 Å². The van der Waals surface area contributed by atoms with Gasteiger partial charge >= 0.3 is 0 Å². The molecule has 4 atom stereocenters. The lowest BCUT2D eigenvalue weighted by Crippen LogP contribution is -2.69.